The fraction of sp³-hybridized carbons (Fsp3) is 0.444. The average Bonchev–Trinajstić information content (AvgIpc) is 2.87. The first-order valence-electron chi connectivity index (χ1n) is 8.11. The van der Waals surface area contributed by atoms with Crippen molar-refractivity contribution >= 4 is 17.7 Å². The van der Waals surface area contributed by atoms with Crippen molar-refractivity contribution in [2.45, 2.75) is 39.2 Å². The third-order valence-electron chi connectivity index (χ3n) is 4.08. The molecule has 0 unspecified atom stereocenters. The maximum absolute atomic E-state index is 12.2. The van der Waals surface area contributed by atoms with E-state index in [2.05, 4.69) is 16.5 Å². The molecular weight excluding hydrogens is 306 g/mol. The zero-order valence-corrected chi connectivity index (χ0v) is 14.5. The highest BCUT2D eigenvalue weighted by molar-refractivity contribution is 7.99. The summed E-state index contributed by atoms with van der Waals surface area (Å²) in [4.78, 5) is 12.2. The quantitative estimate of drug-likeness (QED) is 0.938. The second kappa shape index (κ2) is 7.21. The van der Waals surface area contributed by atoms with Gasteiger partial charge in [-0.15, -0.1) is 0 Å². The van der Waals surface area contributed by atoms with E-state index in [4.69, 9.17) is 0 Å². The topological polar surface area (TPSA) is 46.9 Å². The molecular formula is C18H23N3OS. The molecule has 23 heavy (non-hydrogen) atoms. The number of amides is 1. The summed E-state index contributed by atoms with van der Waals surface area (Å²) in [6, 6.07) is 10.5. The van der Waals surface area contributed by atoms with E-state index in [1.807, 2.05) is 54.6 Å². The molecule has 1 aromatic heterocycles. The summed E-state index contributed by atoms with van der Waals surface area (Å²) in [5.41, 5.74) is 4.19. The summed E-state index contributed by atoms with van der Waals surface area (Å²) < 4.78 is 1.93. The highest BCUT2D eigenvalue weighted by Gasteiger charge is 2.16. The van der Waals surface area contributed by atoms with Crippen LogP contribution in [0.3, 0.4) is 0 Å². The summed E-state index contributed by atoms with van der Waals surface area (Å²) >= 11 is 1.93. The zero-order valence-electron chi connectivity index (χ0n) is 13.7. The van der Waals surface area contributed by atoms with Crippen molar-refractivity contribution in [3.05, 3.63) is 47.3 Å². The van der Waals surface area contributed by atoms with Crippen LogP contribution in [0.5, 0.6) is 0 Å². The Bertz CT molecular complexity index is 672. The number of benzene rings is 1. The largest absolute Gasteiger partial charge is 0.352 e. The maximum atomic E-state index is 12.2. The molecule has 5 heteroatoms. The minimum atomic E-state index is 0.122. The number of carbonyl (C=O) groups is 1. The van der Waals surface area contributed by atoms with Gasteiger partial charge in [0.15, 0.2) is 0 Å². The monoisotopic (exact) mass is 329 g/mol. The van der Waals surface area contributed by atoms with Gasteiger partial charge in [-0.05, 0) is 56.2 Å². The molecule has 0 radical (unpaired) electrons. The molecule has 122 valence electrons. The van der Waals surface area contributed by atoms with Gasteiger partial charge in [0.2, 0.25) is 5.91 Å². The number of hydrogen-bond donors (Lipinski definition) is 1. The summed E-state index contributed by atoms with van der Waals surface area (Å²) in [5, 5.41) is 7.63. The Morgan fingerprint density at radius 2 is 2.13 bits per heavy atom. The van der Waals surface area contributed by atoms with Crippen molar-refractivity contribution in [2.75, 3.05) is 11.5 Å². The number of aromatic nitrogens is 2. The molecule has 1 aliphatic heterocycles. The summed E-state index contributed by atoms with van der Waals surface area (Å²) in [6.45, 7) is 4.04. The molecule has 4 nitrogen and oxygen atoms in total. The van der Waals surface area contributed by atoms with Gasteiger partial charge in [-0.25, -0.2) is 4.68 Å². The Kier molecular flexibility index (Phi) is 5.06. The van der Waals surface area contributed by atoms with Crippen LogP contribution >= 0.6 is 11.8 Å². The van der Waals surface area contributed by atoms with E-state index in [0.29, 0.717) is 12.5 Å². The summed E-state index contributed by atoms with van der Waals surface area (Å²) in [7, 11) is 0. The van der Waals surface area contributed by atoms with Crippen LogP contribution in [0.25, 0.3) is 5.69 Å². The predicted octanol–water partition coefficient (Wildman–Crippen LogP) is 3.04. The lowest BCUT2D eigenvalue weighted by Gasteiger charge is -2.22. The predicted molar refractivity (Wildman–Crippen MR) is 95.2 cm³/mol. The van der Waals surface area contributed by atoms with Gasteiger partial charge in [-0.1, -0.05) is 12.1 Å². The molecule has 1 N–H and O–H groups in total. The van der Waals surface area contributed by atoms with Crippen LogP contribution < -0.4 is 5.32 Å². The van der Waals surface area contributed by atoms with E-state index in [0.717, 1.165) is 34.8 Å². The van der Waals surface area contributed by atoms with Crippen LogP contribution in [0.2, 0.25) is 0 Å². The van der Waals surface area contributed by atoms with Gasteiger partial charge >= 0.3 is 0 Å². The lowest BCUT2D eigenvalue weighted by Crippen LogP contribution is -2.39. The molecule has 2 aromatic rings. The molecule has 0 spiro atoms. The van der Waals surface area contributed by atoms with Crippen molar-refractivity contribution in [3.8, 4) is 5.69 Å². The smallest absolute Gasteiger partial charge is 0.224 e. The Balaban J connectivity index is 1.61. The molecule has 0 saturated carbocycles. The zero-order chi connectivity index (χ0) is 16.2. The molecule has 0 aliphatic carbocycles. The van der Waals surface area contributed by atoms with Crippen LogP contribution in [-0.2, 0) is 11.2 Å². The standard InChI is InChI=1S/C18H23N3OS/c1-13-10-14(2)21(20-13)17-7-5-15(6-8-17)11-18(22)19-16-4-3-9-23-12-16/h5-8,10,16H,3-4,9,11-12H2,1-2H3,(H,19,22)/t16-/m0/s1. The van der Waals surface area contributed by atoms with Gasteiger partial charge < -0.3 is 5.32 Å². The van der Waals surface area contributed by atoms with E-state index < -0.39 is 0 Å². The molecule has 3 rings (SSSR count). The van der Waals surface area contributed by atoms with Crippen LogP contribution in [0, 0.1) is 13.8 Å². The highest BCUT2D eigenvalue weighted by Crippen LogP contribution is 2.17. The van der Waals surface area contributed by atoms with Gasteiger partial charge in [0.25, 0.3) is 0 Å². The molecule has 1 aliphatic rings. The second-order valence-electron chi connectivity index (χ2n) is 6.16. The van der Waals surface area contributed by atoms with Crippen molar-refractivity contribution in [2.24, 2.45) is 0 Å². The molecule has 1 amide bonds. The molecule has 1 fully saturated rings. The molecule has 0 bridgehead atoms. The fourth-order valence-electron chi connectivity index (χ4n) is 2.96. The first-order chi connectivity index (χ1) is 11.1. The van der Waals surface area contributed by atoms with Gasteiger partial charge in [-0.3, -0.25) is 4.79 Å². The Morgan fingerprint density at radius 1 is 1.35 bits per heavy atom. The second-order valence-corrected chi connectivity index (χ2v) is 7.31. The number of nitrogens with one attached hydrogen (secondary N) is 1. The first kappa shape index (κ1) is 16.1. The van der Waals surface area contributed by atoms with Crippen molar-refractivity contribution < 1.29 is 4.79 Å². The maximum Gasteiger partial charge on any atom is 0.224 e. The molecule has 2 heterocycles. The fourth-order valence-corrected chi connectivity index (χ4v) is 4.04. The lowest BCUT2D eigenvalue weighted by molar-refractivity contribution is -0.121. The normalized spacial score (nSPS) is 17.9. The van der Waals surface area contributed by atoms with Crippen LogP contribution in [0.1, 0.15) is 29.8 Å². The number of hydrogen-bond acceptors (Lipinski definition) is 3. The highest BCUT2D eigenvalue weighted by atomic mass is 32.2. The number of aryl methyl sites for hydroxylation is 2. The van der Waals surface area contributed by atoms with Crippen molar-refractivity contribution in [1.29, 1.82) is 0 Å². The van der Waals surface area contributed by atoms with Crippen LogP contribution in [-0.4, -0.2) is 33.2 Å². The number of nitrogens with zero attached hydrogens (tertiary/aromatic N) is 2. The van der Waals surface area contributed by atoms with Crippen molar-refractivity contribution in [3.63, 3.8) is 0 Å². The molecule has 1 atom stereocenters. The first-order valence-corrected chi connectivity index (χ1v) is 9.27. The van der Waals surface area contributed by atoms with Gasteiger partial charge in [0.1, 0.15) is 0 Å². The summed E-state index contributed by atoms with van der Waals surface area (Å²) in [5.74, 6) is 2.39. The Hall–Kier alpha value is -1.75. The minimum absolute atomic E-state index is 0.122. The molecule has 1 saturated heterocycles. The van der Waals surface area contributed by atoms with Gasteiger partial charge in [0, 0.05) is 17.5 Å². The molecule has 1 aromatic carbocycles. The number of carbonyl (C=O) groups excluding carboxylic acids is 1. The lowest BCUT2D eigenvalue weighted by atomic mass is 10.1. The number of thioether (sulfide) groups is 1. The van der Waals surface area contributed by atoms with Gasteiger partial charge in [0.05, 0.1) is 17.8 Å². The van der Waals surface area contributed by atoms with E-state index in [-0.39, 0.29) is 5.91 Å². The Labute approximate surface area is 141 Å². The van der Waals surface area contributed by atoms with E-state index >= 15 is 0 Å². The number of rotatable bonds is 4. The van der Waals surface area contributed by atoms with Crippen molar-refractivity contribution in [1.82, 2.24) is 15.1 Å². The average molecular weight is 329 g/mol. The van der Waals surface area contributed by atoms with E-state index in [1.54, 1.807) is 0 Å². The van der Waals surface area contributed by atoms with Crippen LogP contribution in [0.15, 0.2) is 30.3 Å². The Morgan fingerprint density at radius 3 is 2.74 bits per heavy atom. The third-order valence-corrected chi connectivity index (χ3v) is 5.30. The van der Waals surface area contributed by atoms with Gasteiger partial charge in [-0.2, -0.15) is 16.9 Å². The van der Waals surface area contributed by atoms with E-state index in [1.165, 1.54) is 12.2 Å². The SMILES string of the molecule is Cc1cc(C)n(-c2ccc(CC(=O)N[C@H]3CCCSC3)cc2)n1. The minimum Gasteiger partial charge on any atom is -0.352 e. The van der Waals surface area contributed by atoms with Crippen LogP contribution in [0.4, 0.5) is 0 Å². The summed E-state index contributed by atoms with van der Waals surface area (Å²) in [6.07, 6.45) is 2.75. The third kappa shape index (κ3) is 4.16. The van der Waals surface area contributed by atoms with E-state index in [9.17, 15) is 4.79 Å².